The molecule has 0 saturated carbocycles. The number of pyridine rings is 1. The number of aromatic nitrogens is 2. The van der Waals surface area contributed by atoms with Gasteiger partial charge < -0.3 is 4.90 Å². The molecule has 0 radical (unpaired) electrons. The van der Waals surface area contributed by atoms with Crippen LogP contribution in [-0.4, -0.2) is 68.2 Å². The molecule has 6 rings (SSSR count). The predicted molar refractivity (Wildman–Crippen MR) is 128 cm³/mol. The normalized spacial score (nSPS) is 25.8. The minimum Gasteiger partial charge on any atom is -0.329 e. The van der Waals surface area contributed by atoms with Crippen molar-refractivity contribution in [1.29, 1.82) is 0 Å². The second kappa shape index (κ2) is 8.26. The third kappa shape index (κ3) is 3.37. The van der Waals surface area contributed by atoms with Crippen molar-refractivity contribution >= 4 is 29.0 Å². The largest absolute Gasteiger partial charge is 0.329 e. The Labute approximate surface area is 196 Å². The Morgan fingerprint density at radius 3 is 2.84 bits per heavy atom. The zero-order chi connectivity index (χ0) is 21.5. The number of rotatable bonds is 4. The molecule has 1 amide bonds. The Morgan fingerprint density at radius 2 is 2.06 bits per heavy atom. The highest BCUT2D eigenvalue weighted by Gasteiger charge is 2.48. The fourth-order valence-corrected chi connectivity index (χ4v) is 7.08. The Hall–Kier alpha value is -2.26. The highest BCUT2D eigenvalue weighted by atomic mass is 32.2. The SMILES string of the molecule is O=C(C1=CC2=CC=C[N@@+]2(N2CCC(c3ncsc3-c3ccccn3)CC2)C1)N1CCSC1. The van der Waals surface area contributed by atoms with Crippen molar-refractivity contribution in [2.45, 2.75) is 18.8 Å². The van der Waals surface area contributed by atoms with Crippen LogP contribution in [0.5, 0.6) is 0 Å². The smallest absolute Gasteiger partial charge is 0.256 e. The first-order valence-electron chi connectivity index (χ1n) is 11.2. The van der Waals surface area contributed by atoms with Crippen LogP contribution >= 0.6 is 23.1 Å². The number of thiazole rings is 1. The molecule has 164 valence electrons. The third-order valence-electron chi connectivity index (χ3n) is 6.95. The summed E-state index contributed by atoms with van der Waals surface area (Å²) >= 11 is 3.53. The Balaban J connectivity index is 1.17. The van der Waals surface area contributed by atoms with Crippen molar-refractivity contribution in [1.82, 2.24) is 19.9 Å². The first-order valence-corrected chi connectivity index (χ1v) is 13.2. The number of fused-ring (bicyclic) bond motifs is 1. The molecule has 8 heteroatoms. The topological polar surface area (TPSA) is 49.3 Å². The number of hydrogen-bond donors (Lipinski definition) is 0. The zero-order valence-corrected chi connectivity index (χ0v) is 19.5. The quantitative estimate of drug-likeness (QED) is 0.640. The monoisotopic (exact) mass is 464 g/mol. The van der Waals surface area contributed by atoms with Crippen molar-refractivity contribution in [2.24, 2.45) is 0 Å². The van der Waals surface area contributed by atoms with E-state index in [-0.39, 0.29) is 5.91 Å². The zero-order valence-electron chi connectivity index (χ0n) is 17.9. The number of hydrogen-bond acceptors (Lipinski definition) is 6. The lowest BCUT2D eigenvalue weighted by Gasteiger charge is -2.42. The van der Waals surface area contributed by atoms with Crippen molar-refractivity contribution in [3.05, 3.63) is 71.3 Å². The molecule has 4 aliphatic heterocycles. The van der Waals surface area contributed by atoms with Gasteiger partial charge in [0.1, 0.15) is 12.7 Å². The van der Waals surface area contributed by atoms with Gasteiger partial charge in [-0.15, -0.1) is 28.1 Å². The van der Waals surface area contributed by atoms with Gasteiger partial charge in [0.05, 0.1) is 33.2 Å². The van der Waals surface area contributed by atoms with Crippen LogP contribution in [0.2, 0.25) is 0 Å². The van der Waals surface area contributed by atoms with Gasteiger partial charge in [0.25, 0.3) is 5.91 Å². The molecule has 2 aromatic heterocycles. The van der Waals surface area contributed by atoms with Gasteiger partial charge in [-0.05, 0) is 31.1 Å². The fourth-order valence-electron chi connectivity index (χ4n) is 5.28. The maximum Gasteiger partial charge on any atom is 0.256 e. The number of allylic oxidation sites excluding steroid dienone is 3. The van der Waals surface area contributed by atoms with Crippen LogP contribution in [0.15, 0.2) is 65.6 Å². The Kier molecular flexibility index (Phi) is 5.25. The number of amides is 1. The van der Waals surface area contributed by atoms with Gasteiger partial charge in [-0.2, -0.15) is 4.59 Å². The number of piperidine rings is 1. The summed E-state index contributed by atoms with van der Waals surface area (Å²) in [5, 5.41) is 2.54. The lowest BCUT2D eigenvalue weighted by molar-refractivity contribution is -0.949. The van der Waals surface area contributed by atoms with Gasteiger partial charge in [-0.25, -0.2) is 4.98 Å². The highest BCUT2D eigenvalue weighted by molar-refractivity contribution is 7.99. The van der Waals surface area contributed by atoms with Crippen molar-refractivity contribution in [3.8, 4) is 10.6 Å². The third-order valence-corrected chi connectivity index (χ3v) is 8.78. The summed E-state index contributed by atoms with van der Waals surface area (Å²) in [7, 11) is 0. The van der Waals surface area contributed by atoms with Gasteiger partial charge in [0, 0.05) is 49.7 Å². The number of thioether (sulfide) groups is 1. The summed E-state index contributed by atoms with van der Waals surface area (Å²) in [5.74, 6) is 2.54. The summed E-state index contributed by atoms with van der Waals surface area (Å²) < 4.78 is 0.680. The number of carbonyl (C=O) groups excluding carboxylic acids is 1. The van der Waals surface area contributed by atoms with E-state index in [1.165, 1.54) is 16.3 Å². The molecule has 0 unspecified atom stereocenters. The molecule has 1 atom stereocenters. The van der Waals surface area contributed by atoms with Crippen molar-refractivity contribution in [2.75, 3.05) is 37.8 Å². The minimum absolute atomic E-state index is 0.216. The number of quaternary nitrogens is 1. The molecule has 2 saturated heterocycles. The number of carbonyl (C=O) groups is 1. The van der Waals surface area contributed by atoms with E-state index in [4.69, 9.17) is 4.98 Å². The van der Waals surface area contributed by atoms with E-state index in [9.17, 15) is 4.79 Å². The molecule has 2 fully saturated rings. The molecule has 0 bridgehead atoms. The Bertz CT molecular complexity index is 1110. The van der Waals surface area contributed by atoms with E-state index in [1.54, 1.807) is 11.3 Å². The lowest BCUT2D eigenvalue weighted by Crippen LogP contribution is -2.56. The Morgan fingerprint density at radius 1 is 1.16 bits per heavy atom. The average molecular weight is 465 g/mol. The van der Waals surface area contributed by atoms with Crippen LogP contribution in [0.25, 0.3) is 10.6 Å². The predicted octanol–water partition coefficient (Wildman–Crippen LogP) is 4.00. The molecule has 32 heavy (non-hydrogen) atoms. The van der Waals surface area contributed by atoms with Crippen LogP contribution in [0.4, 0.5) is 0 Å². The molecule has 4 aliphatic rings. The van der Waals surface area contributed by atoms with E-state index >= 15 is 0 Å². The molecule has 0 aromatic carbocycles. The van der Waals surface area contributed by atoms with E-state index in [2.05, 4.69) is 40.5 Å². The molecule has 0 spiro atoms. The van der Waals surface area contributed by atoms with Crippen LogP contribution in [0.1, 0.15) is 24.5 Å². The van der Waals surface area contributed by atoms with E-state index in [0.717, 1.165) is 61.9 Å². The maximum atomic E-state index is 13.0. The van der Waals surface area contributed by atoms with Crippen LogP contribution in [-0.2, 0) is 4.79 Å². The second-order valence-electron chi connectivity index (χ2n) is 8.70. The molecule has 0 N–H and O–H groups in total. The molecule has 6 heterocycles. The van der Waals surface area contributed by atoms with E-state index < -0.39 is 0 Å². The van der Waals surface area contributed by atoms with E-state index in [1.807, 2.05) is 40.5 Å². The number of nitrogens with zero attached hydrogens (tertiary/aromatic N) is 5. The minimum atomic E-state index is 0.216. The van der Waals surface area contributed by atoms with E-state index in [0.29, 0.717) is 10.5 Å². The average Bonchev–Trinajstić information content (AvgIpc) is 3.63. The van der Waals surface area contributed by atoms with Crippen molar-refractivity contribution < 1.29 is 9.39 Å². The van der Waals surface area contributed by atoms with Crippen LogP contribution in [0, 0.1) is 0 Å². The summed E-state index contributed by atoms with van der Waals surface area (Å²) in [4.78, 5) is 25.5. The molecular weight excluding hydrogens is 438 g/mol. The summed E-state index contributed by atoms with van der Waals surface area (Å²) in [6.45, 7) is 3.58. The first-order chi connectivity index (χ1) is 15.7. The van der Waals surface area contributed by atoms with Gasteiger partial charge >= 0.3 is 0 Å². The summed E-state index contributed by atoms with van der Waals surface area (Å²) in [6, 6.07) is 6.07. The maximum absolute atomic E-state index is 13.0. The lowest BCUT2D eigenvalue weighted by atomic mass is 9.92. The highest BCUT2D eigenvalue weighted by Crippen LogP contribution is 2.42. The van der Waals surface area contributed by atoms with Crippen molar-refractivity contribution in [3.63, 3.8) is 0 Å². The second-order valence-corrected chi connectivity index (χ2v) is 10.6. The van der Waals surface area contributed by atoms with Crippen LogP contribution < -0.4 is 0 Å². The first kappa shape index (κ1) is 20.4. The molecule has 2 aromatic rings. The van der Waals surface area contributed by atoms with Gasteiger partial charge in [0.2, 0.25) is 0 Å². The van der Waals surface area contributed by atoms with Crippen LogP contribution in [0.3, 0.4) is 0 Å². The summed E-state index contributed by atoms with van der Waals surface area (Å²) in [6.07, 6.45) is 12.7. The standard InChI is InChI=1S/C24H26N5OS2/c30-24(27-11-13-31-17-27)19-14-20-4-3-12-29(20,15-19)28-9-6-18(7-10-28)22-23(32-16-26-22)21-5-1-2-8-25-21/h1-5,8,12,14,16,18H,6-7,9-11,13,15,17H2/q+1/t29-/m1/s1. The fraction of sp³-hybridized carbons (Fsp3) is 0.375. The van der Waals surface area contributed by atoms with Gasteiger partial charge in [-0.3, -0.25) is 9.78 Å². The molecular formula is C24H26N5OS2+. The molecule has 6 nitrogen and oxygen atoms in total. The van der Waals surface area contributed by atoms with Gasteiger partial charge in [0.15, 0.2) is 5.70 Å². The molecule has 0 aliphatic carbocycles. The summed E-state index contributed by atoms with van der Waals surface area (Å²) in [5.41, 5.74) is 6.34. The van der Waals surface area contributed by atoms with Gasteiger partial charge in [-0.1, -0.05) is 6.07 Å².